The molecule has 0 saturated carbocycles. The molecule has 0 bridgehead atoms. The van der Waals surface area contributed by atoms with Gasteiger partial charge in [0.25, 0.3) is 0 Å². The summed E-state index contributed by atoms with van der Waals surface area (Å²) in [5.74, 6) is -4.21. The van der Waals surface area contributed by atoms with E-state index in [0.717, 1.165) is 17.4 Å². The molecule has 4 rings (SSSR count). The van der Waals surface area contributed by atoms with Crippen LogP contribution >= 0.6 is 22.9 Å². The van der Waals surface area contributed by atoms with Gasteiger partial charge in [0.05, 0.1) is 23.6 Å². The predicted molar refractivity (Wildman–Crippen MR) is 102 cm³/mol. The predicted octanol–water partition coefficient (Wildman–Crippen LogP) is 4.41. The molecule has 0 aliphatic carbocycles. The zero-order chi connectivity index (χ0) is 20.0. The molecule has 5 nitrogen and oxygen atoms in total. The van der Waals surface area contributed by atoms with E-state index in [4.69, 9.17) is 16.7 Å². The number of aromatic nitrogens is 1. The van der Waals surface area contributed by atoms with Crippen molar-refractivity contribution < 1.29 is 23.5 Å². The Morgan fingerprint density at radius 2 is 2.11 bits per heavy atom. The van der Waals surface area contributed by atoms with Crippen LogP contribution in [0.4, 0.5) is 14.5 Å². The van der Waals surface area contributed by atoms with Crippen molar-refractivity contribution in [2.75, 3.05) is 4.90 Å². The molecular formula is C19H13ClF2N2O3S. The van der Waals surface area contributed by atoms with Gasteiger partial charge in [0.1, 0.15) is 10.5 Å². The number of nitrogens with zero attached hydrogens (tertiary/aromatic N) is 2. The molecule has 9 heteroatoms. The number of carbonyl (C=O) groups is 2. The highest BCUT2D eigenvalue weighted by molar-refractivity contribution is 7.18. The molecule has 1 aliphatic rings. The maximum absolute atomic E-state index is 14.0. The molecule has 0 saturated heterocycles. The number of carboxylic acids is 1. The van der Waals surface area contributed by atoms with Gasteiger partial charge >= 0.3 is 5.97 Å². The van der Waals surface area contributed by atoms with E-state index in [0.29, 0.717) is 26.0 Å². The number of hydrogen-bond acceptors (Lipinski definition) is 4. The lowest BCUT2D eigenvalue weighted by Gasteiger charge is -2.33. The summed E-state index contributed by atoms with van der Waals surface area (Å²) >= 11 is 7.42. The molecule has 144 valence electrons. The van der Waals surface area contributed by atoms with Gasteiger partial charge in [0, 0.05) is 10.7 Å². The van der Waals surface area contributed by atoms with Crippen LogP contribution in [0.3, 0.4) is 0 Å². The first-order chi connectivity index (χ1) is 13.3. The smallest absolute Gasteiger partial charge is 0.304 e. The highest BCUT2D eigenvalue weighted by Crippen LogP contribution is 2.38. The number of aliphatic carboxylic acids is 1. The molecule has 1 aliphatic heterocycles. The number of thiazole rings is 1. The van der Waals surface area contributed by atoms with Crippen molar-refractivity contribution in [1.82, 2.24) is 4.98 Å². The van der Waals surface area contributed by atoms with Crippen molar-refractivity contribution in [3.05, 3.63) is 57.6 Å². The highest BCUT2D eigenvalue weighted by Gasteiger charge is 2.35. The fourth-order valence-corrected chi connectivity index (χ4v) is 4.59. The molecule has 0 spiro atoms. The van der Waals surface area contributed by atoms with Gasteiger partial charge in [-0.2, -0.15) is 0 Å². The number of hydrogen-bond donors (Lipinski definition) is 1. The van der Waals surface area contributed by atoms with Crippen LogP contribution in [-0.2, 0) is 22.6 Å². The molecule has 1 atom stereocenters. The minimum atomic E-state index is -1.08. The monoisotopic (exact) mass is 422 g/mol. The van der Waals surface area contributed by atoms with Crippen molar-refractivity contribution in [3.8, 4) is 0 Å². The molecule has 0 radical (unpaired) electrons. The molecule has 2 heterocycles. The van der Waals surface area contributed by atoms with Crippen molar-refractivity contribution in [2.24, 2.45) is 5.92 Å². The van der Waals surface area contributed by atoms with Crippen molar-refractivity contribution in [3.63, 3.8) is 0 Å². The van der Waals surface area contributed by atoms with E-state index in [1.54, 1.807) is 18.2 Å². The Labute approximate surface area is 167 Å². The first kappa shape index (κ1) is 18.8. The maximum Gasteiger partial charge on any atom is 0.304 e. The van der Waals surface area contributed by atoms with Crippen LogP contribution in [0.5, 0.6) is 0 Å². The van der Waals surface area contributed by atoms with Crippen LogP contribution in [0.15, 0.2) is 30.3 Å². The van der Waals surface area contributed by atoms with E-state index in [1.165, 1.54) is 11.0 Å². The van der Waals surface area contributed by atoms with E-state index >= 15 is 0 Å². The molecular weight excluding hydrogens is 410 g/mol. The normalized spacial score (nSPS) is 16.5. The van der Waals surface area contributed by atoms with E-state index in [-0.39, 0.29) is 30.8 Å². The van der Waals surface area contributed by atoms with Crippen molar-refractivity contribution in [2.45, 2.75) is 19.4 Å². The Morgan fingerprint density at radius 1 is 1.32 bits per heavy atom. The number of anilines is 1. The number of benzene rings is 2. The second-order valence-corrected chi connectivity index (χ2v) is 8.00. The Kier molecular flexibility index (Phi) is 4.76. The Balaban J connectivity index is 1.75. The molecule has 0 fully saturated rings. The zero-order valence-electron chi connectivity index (χ0n) is 14.3. The number of carbonyl (C=O) groups excluding carboxylic acids is 1. The quantitative estimate of drug-likeness (QED) is 0.676. The third-order valence-electron chi connectivity index (χ3n) is 4.66. The van der Waals surface area contributed by atoms with E-state index in [9.17, 15) is 18.4 Å². The molecule has 1 aromatic heterocycles. The van der Waals surface area contributed by atoms with Gasteiger partial charge in [-0.25, -0.2) is 13.8 Å². The number of fused-ring (bicyclic) bond motifs is 2. The number of amides is 1. The van der Waals surface area contributed by atoms with Crippen LogP contribution in [0.25, 0.3) is 10.2 Å². The number of rotatable bonds is 4. The zero-order valence-corrected chi connectivity index (χ0v) is 15.9. The minimum Gasteiger partial charge on any atom is -0.481 e. The Hall–Kier alpha value is -2.58. The lowest BCUT2D eigenvalue weighted by Crippen LogP contribution is -2.41. The SMILES string of the molecule is O=C(O)CC1Cc2c(Cl)cccc2N(Cc2nc3c(F)c(F)ccc3s2)C1=O. The summed E-state index contributed by atoms with van der Waals surface area (Å²) in [6, 6.07) is 7.58. The fourth-order valence-electron chi connectivity index (χ4n) is 3.39. The van der Waals surface area contributed by atoms with Gasteiger partial charge in [-0.15, -0.1) is 11.3 Å². The van der Waals surface area contributed by atoms with Gasteiger partial charge in [0.2, 0.25) is 5.91 Å². The summed E-state index contributed by atoms with van der Waals surface area (Å²) in [6.45, 7) is 0.0166. The standard InChI is InChI=1S/C19H13ClF2N2O3S/c20-11-2-1-3-13-10(11)6-9(7-16(25)26)19(27)24(13)8-15-23-18-14(28-15)5-4-12(21)17(18)22/h1-5,9H,6-8H2,(H,25,26). The molecule has 28 heavy (non-hydrogen) atoms. The molecule has 1 N–H and O–H groups in total. The first-order valence-corrected chi connectivity index (χ1v) is 9.58. The van der Waals surface area contributed by atoms with Crippen molar-refractivity contribution in [1.29, 1.82) is 0 Å². The summed E-state index contributed by atoms with van der Waals surface area (Å²) in [5, 5.41) is 10.00. The van der Waals surface area contributed by atoms with Gasteiger partial charge in [-0.3, -0.25) is 9.59 Å². The fraction of sp³-hybridized carbons (Fsp3) is 0.211. The Morgan fingerprint density at radius 3 is 2.86 bits per heavy atom. The van der Waals surface area contributed by atoms with Crippen LogP contribution < -0.4 is 4.90 Å². The van der Waals surface area contributed by atoms with Gasteiger partial charge in [-0.05, 0) is 36.2 Å². The van der Waals surface area contributed by atoms with Gasteiger partial charge < -0.3 is 10.0 Å². The first-order valence-electron chi connectivity index (χ1n) is 8.39. The average molecular weight is 423 g/mol. The summed E-state index contributed by atoms with van der Waals surface area (Å²) in [6.07, 6.45) is -0.0873. The third kappa shape index (κ3) is 3.22. The van der Waals surface area contributed by atoms with Crippen LogP contribution in [0.1, 0.15) is 17.0 Å². The maximum atomic E-state index is 14.0. The average Bonchev–Trinajstić information content (AvgIpc) is 3.06. The molecule has 2 aromatic carbocycles. The summed E-state index contributed by atoms with van der Waals surface area (Å²) < 4.78 is 27.9. The molecule has 1 unspecified atom stereocenters. The van der Waals surface area contributed by atoms with Gasteiger partial charge in [-0.1, -0.05) is 17.7 Å². The summed E-state index contributed by atoms with van der Waals surface area (Å²) in [4.78, 5) is 29.7. The highest BCUT2D eigenvalue weighted by atomic mass is 35.5. The lowest BCUT2D eigenvalue weighted by atomic mass is 9.89. The minimum absolute atomic E-state index is 0.0166. The number of halogens is 3. The van der Waals surface area contributed by atoms with Crippen LogP contribution in [0, 0.1) is 17.6 Å². The van der Waals surface area contributed by atoms with Crippen LogP contribution in [0.2, 0.25) is 5.02 Å². The molecule has 3 aromatic rings. The second-order valence-electron chi connectivity index (χ2n) is 6.48. The summed E-state index contributed by atoms with van der Waals surface area (Å²) in [7, 11) is 0. The van der Waals surface area contributed by atoms with E-state index < -0.39 is 23.5 Å². The summed E-state index contributed by atoms with van der Waals surface area (Å²) in [5.41, 5.74) is 1.18. The lowest BCUT2D eigenvalue weighted by molar-refractivity contribution is -0.140. The topological polar surface area (TPSA) is 70.5 Å². The number of carboxylic acid groups (broad SMARTS) is 1. The second kappa shape index (κ2) is 7.10. The van der Waals surface area contributed by atoms with E-state index in [1.807, 2.05) is 0 Å². The largest absolute Gasteiger partial charge is 0.481 e. The third-order valence-corrected chi connectivity index (χ3v) is 6.02. The van der Waals surface area contributed by atoms with Gasteiger partial charge in [0.15, 0.2) is 11.6 Å². The van der Waals surface area contributed by atoms with E-state index in [2.05, 4.69) is 4.98 Å². The van der Waals surface area contributed by atoms with Crippen LogP contribution in [-0.4, -0.2) is 22.0 Å². The Bertz CT molecular complexity index is 1120. The molecule has 1 amide bonds. The van der Waals surface area contributed by atoms with Crippen molar-refractivity contribution >= 4 is 50.7 Å².